The molecule has 2 aliphatic carbocycles. The van der Waals surface area contributed by atoms with E-state index in [0.29, 0.717) is 45.6 Å². The number of hydrogen-bond donors (Lipinski definition) is 0. The number of hydrogen-bond acceptors (Lipinski definition) is 4. The van der Waals surface area contributed by atoms with Gasteiger partial charge in [-0.1, -0.05) is 311 Å². The molecule has 0 bridgehead atoms. The van der Waals surface area contributed by atoms with E-state index >= 15 is 0 Å². The summed E-state index contributed by atoms with van der Waals surface area (Å²) in [6, 6.07) is 90.5. The van der Waals surface area contributed by atoms with E-state index in [0.717, 1.165) is 90.7 Å². The minimum atomic E-state index is -0.492. The fraction of sp³-hybridized carbons (Fsp3) is 0.314. The zero-order chi connectivity index (χ0) is 72.6. The number of carbonyl (C=O) groups is 2. The summed E-state index contributed by atoms with van der Waals surface area (Å²) in [6.07, 6.45) is 30.5. The molecular weight excluding hydrogens is 1290 g/mol. The van der Waals surface area contributed by atoms with Gasteiger partial charge < -0.3 is 9.47 Å². The predicted octanol–water partition coefficient (Wildman–Crippen LogP) is 29.3. The molecule has 0 aliphatic heterocycles. The second kappa shape index (κ2) is 35.5. The molecule has 2 fully saturated rings. The van der Waals surface area contributed by atoms with E-state index in [1.807, 2.05) is 60.7 Å². The van der Waals surface area contributed by atoms with Crippen LogP contribution in [0.2, 0.25) is 0 Å². The number of aryl methyl sites for hydroxylation is 2. The molecular formula is C102H106O4. The first kappa shape index (κ1) is 73.0. The lowest BCUT2D eigenvalue weighted by molar-refractivity contribution is 0.0723. The Morgan fingerprint density at radius 1 is 0.283 bits per heavy atom. The Kier molecular flexibility index (Phi) is 24.4. The third-order valence-corrected chi connectivity index (χ3v) is 23.5. The van der Waals surface area contributed by atoms with Gasteiger partial charge in [-0.15, -0.1) is 0 Å². The molecule has 0 spiro atoms. The molecule has 4 heteroatoms. The number of ether oxygens (including phenoxy) is 2. The lowest BCUT2D eigenvalue weighted by Crippen LogP contribution is -2.13. The van der Waals surface area contributed by atoms with Crippen molar-refractivity contribution < 1.29 is 19.1 Å². The Bertz CT molecular complexity index is 4540. The van der Waals surface area contributed by atoms with E-state index in [-0.39, 0.29) is 0 Å². The van der Waals surface area contributed by atoms with Crippen molar-refractivity contribution >= 4 is 33.5 Å². The summed E-state index contributed by atoms with van der Waals surface area (Å²) < 4.78 is 13.5. The third kappa shape index (κ3) is 17.8. The van der Waals surface area contributed by atoms with Crippen molar-refractivity contribution in [1.29, 1.82) is 0 Å². The van der Waals surface area contributed by atoms with Crippen LogP contribution in [0.3, 0.4) is 0 Å². The number of esters is 2. The Labute approximate surface area is 631 Å². The van der Waals surface area contributed by atoms with Crippen LogP contribution in [0.1, 0.15) is 224 Å². The van der Waals surface area contributed by atoms with Crippen LogP contribution in [-0.2, 0) is 12.8 Å². The smallest absolute Gasteiger partial charge is 0.343 e. The predicted molar refractivity (Wildman–Crippen MR) is 446 cm³/mol. The summed E-state index contributed by atoms with van der Waals surface area (Å²) in [5, 5.41) is 3.63. The number of carbonyl (C=O) groups excluding carboxylic acids is 2. The molecule has 4 nitrogen and oxygen atoms in total. The van der Waals surface area contributed by atoms with Gasteiger partial charge in [-0.2, -0.15) is 0 Å². The third-order valence-electron chi connectivity index (χ3n) is 23.5. The first-order valence-electron chi connectivity index (χ1n) is 40.5. The highest BCUT2D eigenvalue weighted by atomic mass is 16.5. The van der Waals surface area contributed by atoms with Gasteiger partial charge in [0.15, 0.2) is 0 Å². The minimum Gasteiger partial charge on any atom is -0.422 e. The van der Waals surface area contributed by atoms with E-state index in [1.54, 1.807) is 0 Å². The standard InChI is InChI=1S/C102H106O4/c1-5-9-11-13-15-19-73-25-33-77(34-26-73)79-37-41-83(42-38-79)85-53-57-89(58-54-85)101(103)105-97-67-63-93-69-91(87-49-45-81(46-50-87)75-29-21-71(17-7-3)22-30-75)61-65-95(93)99(97)100-96-66-62-92(88-51-47-82(48-52-88)76-31-23-72(18-8-4)24-32-76)70-94(96)64-68-98(100)106-102(104)90-59-55-86(56-60-90)84-43-39-80(40-44-84)78-35-27-74(28-36-78)20-16-14-12-10-6-2/h25-28,33-72,75-76H,5-24,29-32H2,1-4H3/t71-,72-,75-,76-. The molecule has 0 radical (unpaired) electrons. The largest absolute Gasteiger partial charge is 0.422 e. The molecule has 0 unspecified atom stereocenters. The molecule has 106 heavy (non-hydrogen) atoms. The molecule has 538 valence electrons. The van der Waals surface area contributed by atoms with E-state index in [9.17, 15) is 9.59 Å². The Balaban J connectivity index is 0.786. The van der Waals surface area contributed by atoms with Gasteiger partial charge in [0.25, 0.3) is 0 Å². The van der Waals surface area contributed by atoms with Crippen LogP contribution in [0.5, 0.6) is 11.5 Å². The number of fused-ring (bicyclic) bond motifs is 2. The van der Waals surface area contributed by atoms with Gasteiger partial charge in [0, 0.05) is 11.1 Å². The summed E-state index contributed by atoms with van der Waals surface area (Å²) in [5.74, 6) is 2.64. The number of unbranched alkanes of at least 4 members (excludes halogenated alkanes) is 8. The summed E-state index contributed by atoms with van der Waals surface area (Å²) in [7, 11) is 0. The van der Waals surface area contributed by atoms with Crippen molar-refractivity contribution in [2.45, 2.75) is 194 Å². The van der Waals surface area contributed by atoms with Crippen LogP contribution >= 0.6 is 0 Å². The molecule has 0 aromatic heterocycles. The topological polar surface area (TPSA) is 52.6 Å². The zero-order valence-corrected chi connectivity index (χ0v) is 63.2. The Hall–Kier alpha value is -9.90. The first-order chi connectivity index (χ1) is 52.1. The molecule has 12 aromatic carbocycles. The SMILES string of the molecule is CCCCCCCc1ccc(-c2ccc(-c3ccc(C(=O)Oc4ccc5cc(-c6ccc([C@H]7CC[C@H](CCC)CC7)cc6)ccc5c4-c4c(OC(=O)c5ccc(-c6ccc(-c7ccc(CCCCCCC)cc7)cc6)cc5)ccc5cc(-c6ccc([C@H]7CC[C@H](CCC)CC7)cc6)ccc45)cc3)cc2)cc1. The summed E-state index contributed by atoms with van der Waals surface area (Å²) in [4.78, 5) is 30.0. The second-order valence-electron chi connectivity index (χ2n) is 30.8. The minimum absolute atomic E-state index is 0.358. The van der Waals surface area contributed by atoms with Gasteiger partial charge in [0.2, 0.25) is 0 Å². The van der Waals surface area contributed by atoms with Crippen molar-refractivity contribution in [2.75, 3.05) is 0 Å². The maximum absolute atomic E-state index is 15.0. The monoisotopic (exact) mass is 1390 g/mol. The maximum Gasteiger partial charge on any atom is 0.343 e. The molecule has 0 atom stereocenters. The Morgan fingerprint density at radius 2 is 0.566 bits per heavy atom. The highest BCUT2D eigenvalue weighted by Crippen LogP contribution is 2.48. The van der Waals surface area contributed by atoms with Crippen LogP contribution in [0, 0.1) is 11.8 Å². The molecule has 0 heterocycles. The molecule has 12 aromatic rings. The maximum atomic E-state index is 15.0. The van der Waals surface area contributed by atoms with Crippen molar-refractivity contribution in [1.82, 2.24) is 0 Å². The highest BCUT2D eigenvalue weighted by molar-refractivity contribution is 6.12. The molecule has 2 saturated carbocycles. The Morgan fingerprint density at radius 3 is 0.887 bits per heavy atom. The molecule has 14 rings (SSSR count). The van der Waals surface area contributed by atoms with Crippen LogP contribution in [0.25, 0.3) is 99.4 Å². The fourth-order valence-corrected chi connectivity index (χ4v) is 17.2. The van der Waals surface area contributed by atoms with Crippen LogP contribution in [-0.4, -0.2) is 11.9 Å². The van der Waals surface area contributed by atoms with Gasteiger partial charge >= 0.3 is 11.9 Å². The second-order valence-corrected chi connectivity index (χ2v) is 30.8. The quantitative estimate of drug-likeness (QED) is 0.0266. The van der Waals surface area contributed by atoms with E-state index in [1.165, 1.54) is 186 Å². The van der Waals surface area contributed by atoms with Gasteiger partial charge in [-0.3, -0.25) is 0 Å². The van der Waals surface area contributed by atoms with Crippen molar-refractivity contribution in [3.63, 3.8) is 0 Å². The average Bonchev–Trinajstić information content (AvgIpc) is 0.742. The van der Waals surface area contributed by atoms with E-state index in [4.69, 9.17) is 9.47 Å². The van der Waals surface area contributed by atoms with E-state index in [2.05, 4.69) is 222 Å². The summed E-state index contributed by atoms with van der Waals surface area (Å²) in [5.41, 5.74) is 21.1. The van der Waals surface area contributed by atoms with Crippen molar-refractivity contribution in [3.8, 4) is 89.4 Å². The molecule has 0 amide bonds. The van der Waals surface area contributed by atoms with Crippen molar-refractivity contribution in [3.05, 3.63) is 288 Å². The van der Waals surface area contributed by atoms with Gasteiger partial charge in [0.05, 0.1) is 11.1 Å². The zero-order valence-electron chi connectivity index (χ0n) is 63.2. The molecule has 0 saturated heterocycles. The first-order valence-corrected chi connectivity index (χ1v) is 40.5. The summed E-state index contributed by atoms with van der Waals surface area (Å²) >= 11 is 0. The lowest BCUT2D eigenvalue weighted by Gasteiger charge is -2.28. The normalized spacial score (nSPS) is 15.9. The average molecular weight is 1400 g/mol. The van der Waals surface area contributed by atoms with Crippen LogP contribution in [0.4, 0.5) is 0 Å². The number of rotatable bonds is 29. The lowest BCUT2D eigenvalue weighted by atomic mass is 9.77. The molecule has 0 N–H and O–H groups in total. The van der Waals surface area contributed by atoms with Gasteiger partial charge in [0.1, 0.15) is 11.5 Å². The summed E-state index contributed by atoms with van der Waals surface area (Å²) in [6.45, 7) is 9.15. The number of benzene rings is 12. The highest BCUT2D eigenvalue weighted by Gasteiger charge is 2.27. The van der Waals surface area contributed by atoms with Gasteiger partial charge in [-0.25, -0.2) is 9.59 Å². The van der Waals surface area contributed by atoms with E-state index < -0.39 is 11.9 Å². The molecule has 2 aliphatic rings. The van der Waals surface area contributed by atoms with Crippen molar-refractivity contribution in [2.24, 2.45) is 11.8 Å². The fourth-order valence-electron chi connectivity index (χ4n) is 17.2. The van der Waals surface area contributed by atoms with Crippen LogP contribution < -0.4 is 9.47 Å². The van der Waals surface area contributed by atoms with Gasteiger partial charge in [-0.05, 0) is 260 Å². The van der Waals surface area contributed by atoms with Crippen LogP contribution in [0.15, 0.2) is 255 Å².